The Morgan fingerprint density at radius 2 is 2.17 bits per heavy atom. The first kappa shape index (κ1) is 15.4. The molecule has 0 saturated heterocycles. The molecule has 6 nitrogen and oxygen atoms in total. The summed E-state index contributed by atoms with van der Waals surface area (Å²) in [7, 11) is 0. The molecule has 1 fully saturated rings. The average molecular weight is 328 g/mol. The summed E-state index contributed by atoms with van der Waals surface area (Å²) in [5.74, 6) is 5.41. The monoisotopic (exact) mass is 328 g/mol. The summed E-state index contributed by atoms with van der Waals surface area (Å²) in [5.41, 5.74) is 0. The lowest BCUT2D eigenvalue weighted by molar-refractivity contribution is -0.132. The van der Waals surface area contributed by atoms with Gasteiger partial charge in [0, 0.05) is 38.3 Å². The second-order valence-electron chi connectivity index (χ2n) is 6.98. The highest BCUT2D eigenvalue weighted by Crippen LogP contribution is 2.47. The van der Waals surface area contributed by atoms with Crippen LogP contribution in [-0.2, 0) is 30.7 Å². The van der Waals surface area contributed by atoms with Crippen molar-refractivity contribution in [2.45, 2.75) is 58.5 Å². The second-order valence-corrected chi connectivity index (χ2v) is 6.98. The number of furan rings is 1. The van der Waals surface area contributed by atoms with Crippen LogP contribution in [0.2, 0.25) is 0 Å². The molecular formula is C18H24N4O2. The Kier molecular flexibility index (Phi) is 3.90. The third-order valence-corrected chi connectivity index (χ3v) is 5.24. The van der Waals surface area contributed by atoms with Gasteiger partial charge in [-0.15, -0.1) is 10.2 Å². The van der Waals surface area contributed by atoms with Gasteiger partial charge in [-0.2, -0.15) is 0 Å². The molecule has 0 unspecified atom stereocenters. The molecule has 1 aliphatic carbocycles. The summed E-state index contributed by atoms with van der Waals surface area (Å²) >= 11 is 0. The SMILES string of the molecule is CCc1nnc2n1CCN(C(=O)CCc1ccc([C@@H]3C[C@H]3C)o1)C2. The van der Waals surface area contributed by atoms with E-state index in [2.05, 4.69) is 34.7 Å². The Labute approximate surface area is 141 Å². The highest BCUT2D eigenvalue weighted by atomic mass is 16.3. The molecule has 128 valence electrons. The number of carbonyl (C=O) groups is 1. The fourth-order valence-corrected chi connectivity index (χ4v) is 3.53. The Morgan fingerprint density at radius 1 is 1.33 bits per heavy atom. The largest absolute Gasteiger partial charge is 0.466 e. The lowest BCUT2D eigenvalue weighted by Gasteiger charge is -2.27. The standard InChI is InChI=1S/C18H24N4O2/c1-3-16-19-20-17-11-21(8-9-22(16)17)18(23)7-5-13-4-6-15(24-13)14-10-12(14)2/h4,6,12,14H,3,5,7-11H2,1-2H3/t12-,14-/m1/s1. The van der Waals surface area contributed by atoms with Crippen molar-refractivity contribution in [1.29, 1.82) is 0 Å². The van der Waals surface area contributed by atoms with E-state index in [0.29, 0.717) is 25.3 Å². The van der Waals surface area contributed by atoms with E-state index >= 15 is 0 Å². The Hall–Kier alpha value is -2.11. The summed E-state index contributed by atoms with van der Waals surface area (Å²) in [5, 5.41) is 8.41. The van der Waals surface area contributed by atoms with Crippen LogP contribution in [0.15, 0.2) is 16.5 Å². The lowest BCUT2D eigenvalue weighted by atomic mass is 10.2. The summed E-state index contributed by atoms with van der Waals surface area (Å²) in [4.78, 5) is 14.4. The number of hydrogen-bond donors (Lipinski definition) is 0. The fraction of sp³-hybridized carbons (Fsp3) is 0.611. The Balaban J connectivity index is 1.32. The minimum atomic E-state index is 0.167. The predicted molar refractivity (Wildman–Crippen MR) is 88.4 cm³/mol. The summed E-state index contributed by atoms with van der Waals surface area (Å²) in [6.07, 6.45) is 3.26. The first-order valence-corrected chi connectivity index (χ1v) is 8.93. The van der Waals surface area contributed by atoms with E-state index < -0.39 is 0 Å². The van der Waals surface area contributed by atoms with Crippen molar-refractivity contribution in [3.8, 4) is 0 Å². The molecule has 0 spiro atoms. The molecule has 0 N–H and O–H groups in total. The maximum Gasteiger partial charge on any atom is 0.223 e. The highest BCUT2D eigenvalue weighted by molar-refractivity contribution is 5.76. The zero-order chi connectivity index (χ0) is 16.7. The van der Waals surface area contributed by atoms with Gasteiger partial charge in [0.2, 0.25) is 5.91 Å². The number of carbonyl (C=O) groups excluding carboxylic acids is 1. The molecule has 6 heteroatoms. The topological polar surface area (TPSA) is 64.2 Å². The lowest BCUT2D eigenvalue weighted by Crippen LogP contribution is -2.38. The molecule has 0 bridgehead atoms. The van der Waals surface area contributed by atoms with Crippen molar-refractivity contribution in [1.82, 2.24) is 19.7 Å². The van der Waals surface area contributed by atoms with Crippen LogP contribution in [0.5, 0.6) is 0 Å². The normalized spacial score (nSPS) is 22.5. The fourth-order valence-electron chi connectivity index (χ4n) is 3.53. The second kappa shape index (κ2) is 6.07. The summed E-state index contributed by atoms with van der Waals surface area (Å²) < 4.78 is 8.03. The van der Waals surface area contributed by atoms with Crippen molar-refractivity contribution in [2.24, 2.45) is 5.92 Å². The molecular weight excluding hydrogens is 304 g/mol. The summed E-state index contributed by atoms with van der Waals surface area (Å²) in [6, 6.07) is 4.09. The number of fused-ring (bicyclic) bond motifs is 1. The molecule has 2 atom stereocenters. The van der Waals surface area contributed by atoms with E-state index in [0.717, 1.165) is 48.6 Å². The first-order valence-electron chi connectivity index (χ1n) is 8.93. The van der Waals surface area contributed by atoms with Crippen molar-refractivity contribution >= 4 is 5.91 Å². The molecule has 1 saturated carbocycles. The van der Waals surface area contributed by atoms with Crippen LogP contribution >= 0.6 is 0 Å². The predicted octanol–water partition coefficient (Wildman–Crippen LogP) is 2.53. The molecule has 3 heterocycles. The van der Waals surface area contributed by atoms with Gasteiger partial charge in [0.15, 0.2) is 5.82 Å². The highest BCUT2D eigenvalue weighted by Gasteiger charge is 2.36. The molecule has 0 radical (unpaired) electrons. The maximum absolute atomic E-state index is 12.5. The smallest absolute Gasteiger partial charge is 0.223 e. The third kappa shape index (κ3) is 2.85. The number of hydrogen-bond acceptors (Lipinski definition) is 4. The minimum Gasteiger partial charge on any atom is -0.466 e. The van der Waals surface area contributed by atoms with Gasteiger partial charge < -0.3 is 13.9 Å². The number of aromatic nitrogens is 3. The molecule has 4 rings (SSSR count). The average Bonchev–Trinajstić information content (AvgIpc) is 3.03. The van der Waals surface area contributed by atoms with Crippen LogP contribution in [0.25, 0.3) is 0 Å². The van der Waals surface area contributed by atoms with Crippen molar-refractivity contribution < 1.29 is 9.21 Å². The maximum atomic E-state index is 12.5. The summed E-state index contributed by atoms with van der Waals surface area (Å²) in [6.45, 7) is 6.42. The van der Waals surface area contributed by atoms with Gasteiger partial charge in [0.05, 0.1) is 6.54 Å². The van der Waals surface area contributed by atoms with Crippen LogP contribution in [0.3, 0.4) is 0 Å². The van der Waals surface area contributed by atoms with Crippen LogP contribution in [-0.4, -0.2) is 32.1 Å². The molecule has 24 heavy (non-hydrogen) atoms. The molecule has 2 aliphatic rings. The Bertz CT molecular complexity index is 748. The van der Waals surface area contributed by atoms with Crippen LogP contribution in [0.1, 0.15) is 55.8 Å². The van der Waals surface area contributed by atoms with Crippen molar-refractivity contribution in [3.05, 3.63) is 35.3 Å². The molecule has 2 aromatic heterocycles. The van der Waals surface area contributed by atoms with Gasteiger partial charge >= 0.3 is 0 Å². The molecule has 2 aromatic rings. The first-order chi connectivity index (χ1) is 11.7. The van der Waals surface area contributed by atoms with Crippen molar-refractivity contribution in [3.63, 3.8) is 0 Å². The van der Waals surface area contributed by atoms with Gasteiger partial charge in [0.25, 0.3) is 0 Å². The van der Waals surface area contributed by atoms with E-state index in [1.165, 1.54) is 6.42 Å². The van der Waals surface area contributed by atoms with Gasteiger partial charge in [-0.25, -0.2) is 0 Å². The van der Waals surface area contributed by atoms with E-state index in [4.69, 9.17) is 4.42 Å². The zero-order valence-electron chi connectivity index (χ0n) is 14.4. The van der Waals surface area contributed by atoms with E-state index in [-0.39, 0.29) is 5.91 Å². The van der Waals surface area contributed by atoms with E-state index in [1.54, 1.807) is 0 Å². The van der Waals surface area contributed by atoms with Gasteiger partial charge in [-0.1, -0.05) is 13.8 Å². The number of rotatable bonds is 5. The van der Waals surface area contributed by atoms with Crippen LogP contribution < -0.4 is 0 Å². The van der Waals surface area contributed by atoms with Gasteiger partial charge in [-0.05, 0) is 24.5 Å². The number of aryl methyl sites for hydroxylation is 2. The van der Waals surface area contributed by atoms with Crippen LogP contribution in [0, 0.1) is 5.92 Å². The van der Waals surface area contributed by atoms with E-state index in [1.807, 2.05) is 11.0 Å². The third-order valence-electron chi connectivity index (χ3n) is 5.24. The van der Waals surface area contributed by atoms with Crippen molar-refractivity contribution in [2.75, 3.05) is 6.54 Å². The minimum absolute atomic E-state index is 0.167. The van der Waals surface area contributed by atoms with E-state index in [9.17, 15) is 4.79 Å². The van der Waals surface area contributed by atoms with Gasteiger partial charge in [0.1, 0.15) is 17.3 Å². The van der Waals surface area contributed by atoms with Gasteiger partial charge in [-0.3, -0.25) is 4.79 Å². The number of amides is 1. The Morgan fingerprint density at radius 3 is 2.92 bits per heavy atom. The number of nitrogens with zero attached hydrogens (tertiary/aromatic N) is 4. The molecule has 0 aromatic carbocycles. The van der Waals surface area contributed by atoms with Crippen LogP contribution in [0.4, 0.5) is 0 Å². The molecule has 1 aliphatic heterocycles. The molecule has 1 amide bonds. The zero-order valence-corrected chi connectivity index (χ0v) is 14.4. The quantitative estimate of drug-likeness (QED) is 0.846.